The van der Waals surface area contributed by atoms with Crippen molar-refractivity contribution in [3.63, 3.8) is 0 Å². The summed E-state index contributed by atoms with van der Waals surface area (Å²) in [6.07, 6.45) is 0. The van der Waals surface area contributed by atoms with Crippen molar-refractivity contribution < 1.29 is 8.42 Å². The molecular weight excluding hydrogens is 272 g/mol. The minimum absolute atomic E-state index is 0.109. The second-order valence-corrected chi connectivity index (χ2v) is 6.69. The Balaban J connectivity index is 2.61. The standard InChI is InChI=1S/C12H19ClN2O2S/c1-3-14-7-8-18(16,17)15(2)10-11-5-4-6-12(13)9-11/h4-6,9,14H,3,7-8,10H2,1-2H3. The predicted octanol–water partition coefficient (Wildman–Crippen LogP) is 1.71. The zero-order valence-electron chi connectivity index (χ0n) is 10.7. The maximum Gasteiger partial charge on any atom is 0.215 e. The van der Waals surface area contributed by atoms with E-state index in [9.17, 15) is 8.42 Å². The van der Waals surface area contributed by atoms with Crippen LogP contribution < -0.4 is 5.32 Å². The van der Waals surface area contributed by atoms with Crippen molar-refractivity contribution in [1.29, 1.82) is 0 Å². The number of rotatable bonds is 7. The van der Waals surface area contributed by atoms with Gasteiger partial charge in [-0.3, -0.25) is 0 Å². The van der Waals surface area contributed by atoms with Gasteiger partial charge in [0.25, 0.3) is 0 Å². The number of benzene rings is 1. The first-order valence-corrected chi connectivity index (χ1v) is 7.83. The summed E-state index contributed by atoms with van der Waals surface area (Å²) in [6.45, 7) is 3.53. The smallest absolute Gasteiger partial charge is 0.215 e. The molecule has 0 heterocycles. The van der Waals surface area contributed by atoms with Crippen molar-refractivity contribution >= 4 is 21.6 Å². The molecule has 1 aromatic carbocycles. The van der Waals surface area contributed by atoms with Crippen molar-refractivity contribution in [1.82, 2.24) is 9.62 Å². The van der Waals surface area contributed by atoms with E-state index >= 15 is 0 Å². The topological polar surface area (TPSA) is 49.4 Å². The second-order valence-electron chi connectivity index (χ2n) is 4.06. The summed E-state index contributed by atoms with van der Waals surface area (Å²) in [4.78, 5) is 0. The Kier molecular flexibility index (Phi) is 6.08. The number of nitrogens with one attached hydrogen (secondary N) is 1. The van der Waals surface area contributed by atoms with Gasteiger partial charge in [0.1, 0.15) is 0 Å². The molecule has 0 aliphatic rings. The van der Waals surface area contributed by atoms with Crippen LogP contribution >= 0.6 is 11.6 Å². The molecule has 0 spiro atoms. The first kappa shape index (κ1) is 15.4. The lowest BCUT2D eigenvalue weighted by Gasteiger charge is -2.17. The summed E-state index contributed by atoms with van der Waals surface area (Å²) in [6, 6.07) is 7.22. The van der Waals surface area contributed by atoms with E-state index < -0.39 is 10.0 Å². The fraction of sp³-hybridized carbons (Fsp3) is 0.500. The van der Waals surface area contributed by atoms with E-state index in [0.29, 0.717) is 18.1 Å². The van der Waals surface area contributed by atoms with Crippen molar-refractivity contribution in [2.24, 2.45) is 0 Å². The Hall–Kier alpha value is -0.620. The Morgan fingerprint density at radius 1 is 1.39 bits per heavy atom. The summed E-state index contributed by atoms with van der Waals surface area (Å²) >= 11 is 5.87. The highest BCUT2D eigenvalue weighted by molar-refractivity contribution is 7.89. The summed E-state index contributed by atoms with van der Waals surface area (Å²) < 4.78 is 25.3. The minimum Gasteiger partial charge on any atom is -0.316 e. The summed E-state index contributed by atoms with van der Waals surface area (Å²) in [7, 11) is -1.63. The highest BCUT2D eigenvalue weighted by atomic mass is 35.5. The van der Waals surface area contributed by atoms with E-state index in [4.69, 9.17) is 11.6 Å². The number of sulfonamides is 1. The van der Waals surface area contributed by atoms with Crippen molar-refractivity contribution in [3.8, 4) is 0 Å². The van der Waals surface area contributed by atoms with Crippen LogP contribution in [-0.2, 0) is 16.6 Å². The Bertz CT molecular complexity index is 477. The van der Waals surface area contributed by atoms with E-state index in [1.54, 1.807) is 19.2 Å². The molecule has 0 unspecified atom stereocenters. The largest absolute Gasteiger partial charge is 0.316 e. The molecule has 1 aromatic rings. The van der Waals surface area contributed by atoms with Crippen LogP contribution in [0.1, 0.15) is 12.5 Å². The summed E-state index contributed by atoms with van der Waals surface area (Å²) in [5, 5.41) is 3.62. The fourth-order valence-corrected chi connectivity index (χ4v) is 2.80. The fourth-order valence-electron chi connectivity index (χ4n) is 1.52. The normalized spacial score (nSPS) is 12.0. The van der Waals surface area contributed by atoms with E-state index in [1.165, 1.54) is 4.31 Å². The lowest BCUT2D eigenvalue weighted by Crippen LogP contribution is -2.33. The lowest BCUT2D eigenvalue weighted by molar-refractivity contribution is 0.465. The number of nitrogens with zero attached hydrogens (tertiary/aromatic N) is 1. The van der Waals surface area contributed by atoms with Crippen molar-refractivity contribution in [3.05, 3.63) is 34.9 Å². The molecule has 0 aliphatic heterocycles. The number of hydrogen-bond acceptors (Lipinski definition) is 3. The maximum atomic E-state index is 11.9. The Morgan fingerprint density at radius 3 is 2.72 bits per heavy atom. The molecule has 6 heteroatoms. The lowest BCUT2D eigenvalue weighted by atomic mass is 10.2. The van der Waals surface area contributed by atoms with Gasteiger partial charge in [0, 0.05) is 25.2 Å². The summed E-state index contributed by atoms with van der Waals surface area (Å²) in [5.41, 5.74) is 0.886. The SMILES string of the molecule is CCNCCS(=O)(=O)N(C)Cc1cccc(Cl)c1. The molecule has 0 saturated heterocycles. The molecule has 0 aliphatic carbocycles. The molecule has 18 heavy (non-hydrogen) atoms. The third kappa shape index (κ3) is 4.94. The molecule has 0 amide bonds. The van der Waals surface area contributed by atoms with Gasteiger partial charge in [-0.15, -0.1) is 0 Å². The molecule has 0 saturated carbocycles. The first-order valence-electron chi connectivity index (χ1n) is 5.85. The average molecular weight is 291 g/mol. The third-order valence-electron chi connectivity index (χ3n) is 2.56. The van der Waals surface area contributed by atoms with Crippen LogP contribution in [0.15, 0.2) is 24.3 Å². The zero-order valence-corrected chi connectivity index (χ0v) is 12.3. The van der Waals surface area contributed by atoms with Crippen LogP contribution in [0.5, 0.6) is 0 Å². The second kappa shape index (κ2) is 7.09. The van der Waals surface area contributed by atoms with Crippen LogP contribution in [0, 0.1) is 0 Å². The number of hydrogen-bond donors (Lipinski definition) is 1. The van der Waals surface area contributed by atoms with Crippen molar-refractivity contribution in [2.75, 3.05) is 25.9 Å². The molecule has 1 rings (SSSR count). The van der Waals surface area contributed by atoms with Gasteiger partial charge in [-0.2, -0.15) is 0 Å². The molecule has 1 N–H and O–H groups in total. The van der Waals surface area contributed by atoms with Gasteiger partial charge in [0.2, 0.25) is 10.0 Å². The minimum atomic E-state index is -3.22. The van der Waals surface area contributed by atoms with Crippen LogP contribution in [0.4, 0.5) is 0 Å². The highest BCUT2D eigenvalue weighted by Gasteiger charge is 2.17. The molecule has 0 atom stereocenters. The number of halogens is 1. The highest BCUT2D eigenvalue weighted by Crippen LogP contribution is 2.13. The molecule has 102 valence electrons. The predicted molar refractivity (Wildman–Crippen MR) is 75.2 cm³/mol. The Morgan fingerprint density at radius 2 is 2.11 bits per heavy atom. The van der Waals surface area contributed by atoms with Gasteiger partial charge in [0.15, 0.2) is 0 Å². The van der Waals surface area contributed by atoms with Gasteiger partial charge >= 0.3 is 0 Å². The monoisotopic (exact) mass is 290 g/mol. The van der Waals surface area contributed by atoms with Crippen LogP contribution in [-0.4, -0.2) is 38.6 Å². The quantitative estimate of drug-likeness (QED) is 0.778. The third-order valence-corrected chi connectivity index (χ3v) is 4.59. The van der Waals surface area contributed by atoms with E-state index in [-0.39, 0.29) is 5.75 Å². The first-order chi connectivity index (χ1) is 8.45. The van der Waals surface area contributed by atoms with Crippen LogP contribution in [0.2, 0.25) is 5.02 Å². The molecule has 4 nitrogen and oxygen atoms in total. The van der Waals surface area contributed by atoms with E-state index in [1.807, 2.05) is 19.1 Å². The molecule has 0 fully saturated rings. The van der Waals surface area contributed by atoms with E-state index in [0.717, 1.165) is 12.1 Å². The average Bonchev–Trinajstić information content (AvgIpc) is 2.29. The van der Waals surface area contributed by atoms with Gasteiger partial charge in [-0.25, -0.2) is 12.7 Å². The van der Waals surface area contributed by atoms with Crippen LogP contribution in [0.3, 0.4) is 0 Å². The van der Waals surface area contributed by atoms with Crippen molar-refractivity contribution in [2.45, 2.75) is 13.5 Å². The maximum absolute atomic E-state index is 11.9. The Labute approximate surface area is 114 Å². The molecule has 0 aromatic heterocycles. The molecular formula is C12H19ClN2O2S. The zero-order chi connectivity index (χ0) is 13.6. The molecule has 0 bridgehead atoms. The van der Waals surface area contributed by atoms with Gasteiger partial charge in [-0.1, -0.05) is 30.7 Å². The van der Waals surface area contributed by atoms with Crippen LogP contribution in [0.25, 0.3) is 0 Å². The van der Waals surface area contributed by atoms with Gasteiger partial charge in [-0.05, 0) is 24.2 Å². The van der Waals surface area contributed by atoms with E-state index in [2.05, 4.69) is 5.32 Å². The van der Waals surface area contributed by atoms with Gasteiger partial charge in [0.05, 0.1) is 5.75 Å². The summed E-state index contributed by atoms with van der Waals surface area (Å²) in [5.74, 6) is 0.109. The van der Waals surface area contributed by atoms with Gasteiger partial charge < -0.3 is 5.32 Å². The molecule has 0 radical (unpaired) electrons.